The van der Waals surface area contributed by atoms with Gasteiger partial charge in [0, 0.05) is 23.0 Å². The van der Waals surface area contributed by atoms with Crippen LogP contribution in [0.3, 0.4) is 0 Å². The van der Waals surface area contributed by atoms with Crippen LogP contribution in [0.5, 0.6) is 5.75 Å². The molecule has 182 valence electrons. The predicted octanol–water partition coefficient (Wildman–Crippen LogP) is 6.68. The van der Waals surface area contributed by atoms with Gasteiger partial charge in [-0.3, -0.25) is 4.79 Å². The molecule has 2 heterocycles. The molecule has 0 bridgehead atoms. The number of anilines is 1. The first kappa shape index (κ1) is 25.5. The Morgan fingerprint density at radius 3 is 2.66 bits per heavy atom. The number of carbonyl (C=O) groups excluding carboxylic acids is 1. The van der Waals surface area contributed by atoms with E-state index in [0.717, 1.165) is 11.3 Å². The molecule has 0 saturated heterocycles. The molecule has 1 amide bonds. The quantitative estimate of drug-likeness (QED) is 0.235. The maximum atomic E-state index is 12.5. The van der Waals surface area contributed by atoms with Gasteiger partial charge in [0.25, 0.3) is 0 Å². The molecule has 0 atom stereocenters. The Hall–Kier alpha value is -2.59. The van der Waals surface area contributed by atoms with Crippen molar-refractivity contribution in [2.75, 3.05) is 11.1 Å². The summed E-state index contributed by atoms with van der Waals surface area (Å²) in [5, 5.41) is 15.2. The smallest absolute Gasteiger partial charge is 0.236 e. The van der Waals surface area contributed by atoms with E-state index in [1.807, 2.05) is 29.1 Å². The van der Waals surface area contributed by atoms with Crippen molar-refractivity contribution >= 4 is 57.3 Å². The second-order valence-electron chi connectivity index (χ2n) is 7.97. The third kappa shape index (κ3) is 6.55. The number of aromatic nitrogens is 4. The third-order valence-corrected chi connectivity index (χ3v) is 7.46. The van der Waals surface area contributed by atoms with E-state index >= 15 is 0 Å². The molecule has 0 aliphatic carbocycles. The number of nitrogens with zero attached hydrogens (tertiary/aromatic N) is 4. The Morgan fingerprint density at radius 2 is 1.94 bits per heavy atom. The molecule has 0 aliphatic rings. The molecule has 0 unspecified atom stereocenters. The molecule has 11 heteroatoms. The van der Waals surface area contributed by atoms with Crippen molar-refractivity contribution in [2.24, 2.45) is 7.05 Å². The van der Waals surface area contributed by atoms with Crippen molar-refractivity contribution in [1.82, 2.24) is 19.7 Å². The van der Waals surface area contributed by atoms with Gasteiger partial charge in [0.05, 0.1) is 16.5 Å². The maximum Gasteiger partial charge on any atom is 0.236 e. The van der Waals surface area contributed by atoms with Crippen LogP contribution in [0.2, 0.25) is 10.0 Å². The van der Waals surface area contributed by atoms with Crippen molar-refractivity contribution in [2.45, 2.75) is 31.5 Å². The van der Waals surface area contributed by atoms with Gasteiger partial charge in [0.1, 0.15) is 12.4 Å². The average Bonchev–Trinajstić information content (AvgIpc) is 3.43. The monoisotopic (exact) mass is 547 g/mol. The van der Waals surface area contributed by atoms with Crippen LogP contribution >= 0.6 is 46.3 Å². The summed E-state index contributed by atoms with van der Waals surface area (Å²) < 4.78 is 7.67. The first-order valence-corrected chi connectivity index (χ1v) is 13.4. The Bertz CT molecular complexity index is 1320. The SMILES string of the molecule is CC(C)c1ccc(OCc2nnc(SCC(=O)Nc3nc(-c4ccc(Cl)cc4Cl)cs3)n2C)cc1. The fourth-order valence-electron chi connectivity index (χ4n) is 3.13. The van der Waals surface area contributed by atoms with E-state index in [2.05, 4.69) is 46.5 Å². The normalized spacial score (nSPS) is 11.1. The average molecular weight is 549 g/mol. The number of hydrogen-bond acceptors (Lipinski definition) is 7. The molecule has 0 saturated carbocycles. The summed E-state index contributed by atoms with van der Waals surface area (Å²) in [5.41, 5.74) is 2.69. The minimum absolute atomic E-state index is 0.167. The van der Waals surface area contributed by atoms with E-state index < -0.39 is 0 Å². The number of carbonyl (C=O) groups is 1. The Kier molecular flexibility index (Phi) is 8.33. The molecule has 0 radical (unpaired) electrons. The zero-order chi connectivity index (χ0) is 24.9. The van der Waals surface area contributed by atoms with E-state index in [1.54, 1.807) is 18.2 Å². The number of nitrogens with one attached hydrogen (secondary N) is 1. The summed E-state index contributed by atoms with van der Waals surface area (Å²) in [6, 6.07) is 13.2. The lowest BCUT2D eigenvalue weighted by Gasteiger charge is -2.09. The summed E-state index contributed by atoms with van der Waals surface area (Å²) >= 11 is 14.8. The summed E-state index contributed by atoms with van der Waals surface area (Å²) in [7, 11) is 1.85. The molecule has 0 spiro atoms. The zero-order valence-electron chi connectivity index (χ0n) is 19.3. The van der Waals surface area contributed by atoms with Crippen LogP contribution in [0.25, 0.3) is 11.3 Å². The van der Waals surface area contributed by atoms with Gasteiger partial charge in [-0.1, -0.05) is 60.9 Å². The molecule has 2 aromatic carbocycles. The van der Waals surface area contributed by atoms with E-state index in [-0.39, 0.29) is 18.3 Å². The molecule has 35 heavy (non-hydrogen) atoms. The van der Waals surface area contributed by atoms with Gasteiger partial charge in [-0.2, -0.15) is 0 Å². The van der Waals surface area contributed by atoms with E-state index in [4.69, 9.17) is 27.9 Å². The summed E-state index contributed by atoms with van der Waals surface area (Å²) in [6.45, 7) is 4.59. The molecule has 4 aromatic rings. The molecular weight excluding hydrogens is 525 g/mol. The lowest BCUT2D eigenvalue weighted by atomic mass is 10.0. The number of halogens is 2. The van der Waals surface area contributed by atoms with Crippen molar-refractivity contribution in [1.29, 1.82) is 0 Å². The summed E-state index contributed by atoms with van der Waals surface area (Å²) in [6.07, 6.45) is 0. The second kappa shape index (κ2) is 11.4. The number of ether oxygens (including phenoxy) is 1. The molecular formula is C24H23Cl2N5O2S2. The molecule has 0 aliphatic heterocycles. The predicted molar refractivity (Wildman–Crippen MR) is 143 cm³/mol. The van der Waals surface area contributed by atoms with Crippen LogP contribution in [0, 0.1) is 0 Å². The van der Waals surface area contributed by atoms with Gasteiger partial charge in [0.2, 0.25) is 5.91 Å². The number of hydrogen-bond donors (Lipinski definition) is 1. The Labute approximate surface area is 221 Å². The number of thiazole rings is 1. The molecule has 4 rings (SSSR count). The summed E-state index contributed by atoms with van der Waals surface area (Å²) in [4.78, 5) is 16.9. The van der Waals surface area contributed by atoms with Gasteiger partial charge < -0.3 is 14.6 Å². The van der Waals surface area contributed by atoms with Crippen LogP contribution in [0.15, 0.2) is 53.0 Å². The minimum Gasteiger partial charge on any atom is -0.486 e. The van der Waals surface area contributed by atoms with Crippen LogP contribution in [0.1, 0.15) is 31.2 Å². The molecule has 0 fully saturated rings. The van der Waals surface area contributed by atoms with Crippen molar-refractivity contribution in [3.63, 3.8) is 0 Å². The van der Waals surface area contributed by atoms with Gasteiger partial charge in [-0.05, 0) is 41.8 Å². The highest BCUT2D eigenvalue weighted by Gasteiger charge is 2.14. The van der Waals surface area contributed by atoms with Crippen molar-refractivity contribution < 1.29 is 9.53 Å². The van der Waals surface area contributed by atoms with Crippen LogP contribution in [0.4, 0.5) is 5.13 Å². The fraction of sp³-hybridized carbons (Fsp3) is 0.250. The highest BCUT2D eigenvalue weighted by Crippen LogP contribution is 2.32. The van der Waals surface area contributed by atoms with Crippen LogP contribution in [-0.2, 0) is 18.4 Å². The van der Waals surface area contributed by atoms with Gasteiger partial charge in [-0.15, -0.1) is 21.5 Å². The van der Waals surface area contributed by atoms with Gasteiger partial charge >= 0.3 is 0 Å². The third-order valence-electron chi connectivity index (χ3n) is 5.13. The second-order valence-corrected chi connectivity index (χ2v) is 10.6. The van der Waals surface area contributed by atoms with Gasteiger partial charge in [0.15, 0.2) is 16.1 Å². The van der Waals surface area contributed by atoms with Crippen LogP contribution < -0.4 is 10.1 Å². The lowest BCUT2D eigenvalue weighted by molar-refractivity contribution is -0.113. The highest BCUT2D eigenvalue weighted by molar-refractivity contribution is 7.99. The van der Waals surface area contributed by atoms with E-state index in [1.165, 1.54) is 28.7 Å². The van der Waals surface area contributed by atoms with E-state index in [0.29, 0.717) is 37.8 Å². The molecule has 7 nitrogen and oxygen atoms in total. The lowest BCUT2D eigenvalue weighted by Crippen LogP contribution is -2.14. The largest absolute Gasteiger partial charge is 0.486 e. The minimum atomic E-state index is -0.191. The zero-order valence-corrected chi connectivity index (χ0v) is 22.4. The number of benzene rings is 2. The van der Waals surface area contributed by atoms with E-state index in [9.17, 15) is 4.79 Å². The fourth-order valence-corrected chi connectivity index (χ4v) is 5.09. The Morgan fingerprint density at radius 1 is 1.17 bits per heavy atom. The van der Waals surface area contributed by atoms with Gasteiger partial charge in [-0.25, -0.2) is 4.98 Å². The van der Waals surface area contributed by atoms with Crippen LogP contribution in [-0.4, -0.2) is 31.4 Å². The first-order valence-electron chi connectivity index (χ1n) is 10.7. The number of amides is 1. The topological polar surface area (TPSA) is 81.9 Å². The molecule has 1 N–H and O–H groups in total. The Balaban J connectivity index is 1.29. The number of thioether (sulfide) groups is 1. The highest BCUT2D eigenvalue weighted by atomic mass is 35.5. The van der Waals surface area contributed by atoms with Crippen molar-refractivity contribution in [3.8, 4) is 17.0 Å². The first-order chi connectivity index (χ1) is 16.8. The maximum absolute atomic E-state index is 12.5. The molecule has 2 aromatic heterocycles. The number of rotatable bonds is 9. The summed E-state index contributed by atoms with van der Waals surface area (Å²) in [5.74, 6) is 1.89. The van der Waals surface area contributed by atoms with Crippen molar-refractivity contribution in [3.05, 3.63) is 69.3 Å². The standard InChI is InChI=1S/C24H23Cl2N5O2S2/c1-14(2)15-4-7-17(8-5-15)33-11-21-29-30-24(31(21)3)35-13-22(32)28-23-27-20(12-34-23)18-9-6-16(25)10-19(18)26/h4-10,12,14H,11,13H2,1-3H3,(H,27,28,32).